The number of benzene rings is 1. The first-order valence-electron chi connectivity index (χ1n) is 5.52. The molecule has 6 heteroatoms. The van der Waals surface area contributed by atoms with E-state index in [1.54, 1.807) is 17.1 Å². The predicted octanol–water partition coefficient (Wildman–Crippen LogP) is 2.05. The topological polar surface area (TPSA) is 61.7 Å². The van der Waals surface area contributed by atoms with Gasteiger partial charge in [0.05, 0.1) is 29.5 Å². The Morgan fingerprint density at radius 3 is 2.94 bits per heavy atom. The smallest absolute Gasteiger partial charge is 0.131 e. The van der Waals surface area contributed by atoms with Gasteiger partial charge in [0.1, 0.15) is 5.82 Å². The molecule has 0 aliphatic heterocycles. The maximum atomic E-state index is 5.96. The standard InChI is InChI=1S/C12H12ClN5/c1-17-11-3-2-8(13)4-10(11)16-12(17)7-18-6-9(14)5-15-18/h2-6H,7,14H2,1H3. The van der Waals surface area contributed by atoms with Crippen molar-refractivity contribution in [2.24, 2.45) is 7.05 Å². The van der Waals surface area contributed by atoms with Crippen molar-refractivity contribution in [2.45, 2.75) is 6.54 Å². The molecule has 0 aliphatic carbocycles. The van der Waals surface area contributed by atoms with Crippen molar-refractivity contribution >= 4 is 28.3 Å². The third-order valence-electron chi connectivity index (χ3n) is 2.89. The summed E-state index contributed by atoms with van der Waals surface area (Å²) < 4.78 is 3.79. The highest BCUT2D eigenvalue weighted by atomic mass is 35.5. The van der Waals surface area contributed by atoms with Crippen LogP contribution < -0.4 is 5.73 Å². The molecule has 2 N–H and O–H groups in total. The van der Waals surface area contributed by atoms with Crippen LogP contribution in [0.1, 0.15) is 5.82 Å². The SMILES string of the molecule is Cn1c(Cn2cc(N)cn2)nc2cc(Cl)ccc21. The zero-order valence-corrected chi connectivity index (χ0v) is 10.6. The van der Waals surface area contributed by atoms with Crippen LogP contribution in [0.25, 0.3) is 11.0 Å². The normalized spacial score (nSPS) is 11.2. The molecule has 0 radical (unpaired) electrons. The fourth-order valence-corrected chi connectivity index (χ4v) is 2.14. The molecule has 0 amide bonds. The number of rotatable bonds is 2. The molecular formula is C12H12ClN5. The van der Waals surface area contributed by atoms with E-state index in [-0.39, 0.29) is 0 Å². The van der Waals surface area contributed by atoms with Crippen LogP contribution in [0.4, 0.5) is 5.69 Å². The Hall–Kier alpha value is -2.01. The van der Waals surface area contributed by atoms with E-state index in [0.29, 0.717) is 17.3 Å². The minimum Gasteiger partial charge on any atom is -0.396 e. The van der Waals surface area contributed by atoms with Crippen molar-refractivity contribution in [1.29, 1.82) is 0 Å². The van der Waals surface area contributed by atoms with Gasteiger partial charge in [-0.3, -0.25) is 4.68 Å². The van der Waals surface area contributed by atoms with Gasteiger partial charge in [-0.15, -0.1) is 0 Å². The molecule has 0 fully saturated rings. The number of halogens is 1. The van der Waals surface area contributed by atoms with Crippen molar-refractivity contribution in [1.82, 2.24) is 19.3 Å². The third kappa shape index (κ3) is 1.82. The van der Waals surface area contributed by atoms with E-state index in [2.05, 4.69) is 10.1 Å². The molecule has 0 saturated heterocycles. The monoisotopic (exact) mass is 261 g/mol. The minimum atomic E-state index is 0.583. The summed E-state index contributed by atoms with van der Waals surface area (Å²) >= 11 is 5.96. The molecule has 3 rings (SSSR count). The number of nitrogen functional groups attached to an aromatic ring is 1. The molecule has 1 aromatic carbocycles. The highest BCUT2D eigenvalue weighted by Gasteiger charge is 2.09. The van der Waals surface area contributed by atoms with Gasteiger partial charge in [0, 0.05) is 18.3 Å². The Labute approximate surface area is 109 Å². The van der Waals surface area contributed by atoms with Crippen LogP contribution in [0.2, 0.25) is 5.02 Å². The molecule has 18 heavy (non-hydrogen) atoms. The molecule has 92 valence electrons. The maximum absolute atomic E-state index is 5.96. The molecule has 5 nitrogen and oxygen atoms in total. The van der Waals surface area contributed by atoms with Crippen LogP contribution in [0.5, 0.6) is 0 Å². The van der Waals surface area contributed by atoms with E-state index >= 15 is 0 Å². The Bertz CT molecular complexity index is 712. The second-order valence-electron chi connectivity index (χ2n) is 4.19. The molecule has 0 atom stereocenters. The number of hydrogen-bond donors (Lipinski definition) is 1. The summed E-state index contributed by atoms with van der Waals surface area (Å²) in [6.07, 6.45) is 3.41. The molecule has 0 spiro atoms. The zero-order valence-electron chi connectivity index (χ0n) is 9.84. The summed E-state index contributed by atoms with van der Waals surface area (Å²) in [5, 5.41) is 4.84. The minimum absolute atomic E-state index is 0.583. The summed E-state index contributed by atoms with van der Waals surface area (Å²) in [5.41, 5.74) is 8.23. The van der Waals surface area contributed by atoms with E-state index in [9.17, 15) is 0 Å². The number of imidazole rings is 1. The Balaban J connectivity index is 2.04. The van der Waals surface area contributed by atoms with Crippen molar-refractivity contribution < 1.29 is 0 Å². The number of hydrogen-bond acceptors (Lipinski definition) is 3. The molecule has 0 bridgehead atoms. The number of anilines is 1. The number of aromatic nitrogens is 4. The van der Waals surface area contributed by atoms with Gasteiger partial charge in [-0.2, -0.15) is 5.10 Å². The first kappa shape index (κ1) is 11.1. The lowest BCUT2D eigenvalue weighted by atomic mass is 10.3. The van der Waals surface area contributed by atoms with Crippen LogP contribution in [0.3, 0.4) is 0 Å². The maximum Gasteiger partial charge on any atom is 0.131 e. The Kier molecular flexibility index (Phi) is 2.48. The van der Waals surface area contributed by atoms with E-state index in [4.69, 9.17) is 17.3 Å². The first-order valence-corrected chi connectivity index (χ1v) is 5.90. The molecule has 0 unspecified atom stereocenters. The van der Waals surface area contributed by atoms with Gasteiger partial charge in [-0.05, 0) is 18.2 Å². The lowest BCUT2D eigenvalue weighted by Crippen LogP contribution is -2.06. The highest BCUT2D eigenvalue weighted by Crippen LogP contribution is 2.20. The number of fused-ring (bicyclic) bond motifs is 1. The van der Waals surface area contributed by atoms with Gasteiger partial charge in [-0.1, -0.05) is 11.6 Å². The van der Waals surface area contributed by atoms with Crippen LogP contribution in [0.15, 0.2) is 30.6 Å². The van der Waals surface area contributed by atoms with E-state index < -0.39 is 0 Å². The highest BCUT2D eigenvalue weighted by molar-refractivity contribution is 6.31. The zero-order chi connectivity index (χ0) is 12.7. The van der Waals surface area contributed by atoms with E-state index in [1.807, 2.05) is 29.8 Å². The summed E-state index contributed by atoms with van der Waals surface area (Å²) in [6.45, 7) is 0.583. The van der Waals surface area contributed by atoms with Crippen molar-refractivity contribution in [3.05, 3.63) is 41.4 Å². The predicted molar refractivity (Wildman–Crippen MR) is 71.5 cm³/mol. The van der Waals surface area contributed by atoms with Gasteiger partial charge < -0.3 is 10.3 Å². The molecule has 3 aromatic rings. The molecule has 2 aromatic heterocycles. The Morgan fingerprint density at radius 1 is 1.39 bits per heavy atom. The fraction of sp³-hybridized carbons (Fsp3) is 0.167. The van der Waals surface area contributed by atoms with Crippen molar-refractivity contribution in [3.8, 4) is 0 Å². The van der Waals surface area contributed by atoms with E-state index in [0.717, 1.165) is 16.9 Å². The molecule has 2 heterocycles. The summed E-state index contributed by atoms with van der Waals surface area (Å²) in [7, 11) is 1.98. The van der Waals surface area contributed by atoms with Gasteiger partial charge >= 0.3 is 0 Å². The van der Waals surface area contributed by atoms with Crippen LogP contribution in [-0.2, 0) is 13.6 Å². The van der Waals surface area contributed by atoms with Gasteiger partial charge in [0.15, 0.2) is 0 Å². The third-order valence-corrected chi connectivity index (χ3v) is 3.13. The molecule has 0 aliphatic rings. The van der Waals surface area contributed by atoms with E-state index in [1.165, 1.54) is 0 Å². The average molecular weight is 262 g/mol. The lowest BCUT2D eigenvalue weighted by Gasteiger charge is -2.02. The van der Waals surface area contributed by atoms with Crippen LogP contribution in [0, 0.1) is 0 Å². The molecule has 0 saturated carbocycles. The second-order valence-corrected chi connectivity index (χ2v) is 4.63. The fourth-order valence-electron chi connectivity index (χ4n) is 1.98. The van der Waals surface area contributed by atoms with Crippen LogP contribution >= 0.6 is 11.6 Å². The first-order chi connectivity index (χ1) is 8.63. The van der Waals surface area contributed by atoms with Crippen molar-refractivity contribution in [3.63, 3.8) is 0 Å². The summed E-state index contributed by atoms with van der Waals surface area (Å²) in [6, 6.07) is 5.69. The lowest BCUT2D eigenvalue weighted by molar-refractivity contribution is 0.636. The van der Waals surface area contributed by atoms with Gasteiger partial charge in [-0.25, -0.2) is 4.98 Å². The van der Waals surface area contributed by atoms with Gasteiger partial charge in [0.2, 0.25) is 0 Å². The largest absolute Gasteiger partial charge is 0.396 e. The summed E-state index contributed by atoms with van der Waals surface area (Å²) in [5.74, 6) is 0.912. The number of aryl methyl sites for hydroxylation is 1. The van der Waals surface area contributed by atoms with Crippen molar-refractivity contribution in [2.75, 3.05) is 5.73 Å². The second kappa shape index (κ2) is 4.03. The number of nitrogens with zero attached hydrogens (tertiary/aromatic N) is 4. The van der Waals surface area contributed by atoms with Crippen LogP contribution in [-0.4, -0.2) is 19.3 Å². The Morgan fingerprint density at radius 2 is 2.22 bits per heavy atom. The quantitative estimate of drug-likeness (QED) is 0.768. The number of nitrogens with two attached hydrogens (primary N) is 1. The summed E-state index contributed by atoms with van der Waals surface area (Å²) in [4.78, 5) is 4.55. The molecular weight excluding hydrogens is 250 g/mol. The average Bonchev–Trinajstić information content (AvgIpc) is 2.85. The van der Waals surface area contributed by atoms with Gasteiger partial charge in [0.25, 0.3) is 0 Å².